The average Bonchev–Trinajstić information content (AvgIpc) is 2.68. The van der Waals surface area contributed by atoms with Gasteiger partial charge in [0.15, 0.2) is 0 Å². The van der Waals surface area contributed by atoms with Gasteiger partial charge in [-0.15, -0.1) is 0 Å². The number of anilines is 1. The largest absolute Gasteiger partial charge is 0.385 e. The summed E-state index contributed by atoms with van der Waals surface area (Å²) in [5.74, 6) is 0. The van der Waals surface area contributed by atoms with Crippen LogP contribution in [0.1, 0.15) is 24.8 Å². The Bertz CT molecular complexity index is 399. The highest BCUT2D eigenvalue weighted by Crippen LogP contribution is 2.43. The van der Waals surface area contributed by atoms with E-state index in [1.807, 2.05) is 6.07 Å². The molecule has 1 fully saturated rings. The van der Waals surface area contributed by atoms with Gasteiger partial charge in [-0.3, -0.25) is 0 Å². The molecular formula is C13H16ClNO. The number of hydrogen-bond acceptors (Lipinski definition) is 2. The van der Waals surface area contributed by atoms with Gasteiger partial charge in [-0.25, -0.2) is 0 Å². The molecule has 1 saturated heterocycles. The zero-order valence-electron chi connectivity index (χ0n) is 9.26. The van der Waals surface area contributed by atoms with Crippen molar-refractivity contribution in [2.45, 2.75) is 24.7 Å². The molecule has 0 radical (unpaired) electrons. The Balaban J connectivity index is 2.11. The molecule has 1 atom stereocenters. The van der Waals surface area contributed by atoms with Crippen LogP contribution >= 0.6 is 11.6 Å². The van der Waals surface area contributed by atoms with E-state index < -0.39 is 0 Å². The van der Waals surface area contributed by atoms with Crippen molar-refractivity contribution in [2.75, 3.05) is 25.1 Å². The predicted octanol–water partition coefficient (Wildman–Crippen LogP) is 3.20. The minimum Gasteiger partial charge on any atom is -0.385 e. The number of halogens is 1. The fourth-order valence-electron chi connectivity index (χ4n) is 2.91. The van der Waals surface area contributed by atoms with Gasteiger partial charge in [0.1, 0.15) is 0 Å². The Hall–Kier alpha value is -0.730. The molecule has 86 valence electrons. The zero-order valence-corrected chi connectivity index (χ0v) is 10.0. The smallest absolute Gasteiger partial charge is 0.0564 e. The van der Waals surface area contributed by atoms with E-state index in [2.05, 4.69) is 17.4 Å². The van der Waals surface area contributed by atoms with Crippen LogP contribution in [0.15, 0.2) is 18.2 Å². The lowest BCUT2D eigenvalue weighted by atomic mass is 9.76. The third kappa shape index (κ3) is 1.61. The van der Waals surface area contributed by atoms with Crippen molar-refractivity contribution in [1.82, 2.24) is 0 Å². The molecule has 2 nitrogen and oxygen atoms in total. The molecule has 0 aliphatic carbocycles. The lowest BCUT2D eigenvalue weighted by molar-refractivity contribution is 0.174. The monoisotopic (exact) mass is 237 g/mol. The summed E-state index contributed by atoms with van der Waals surface area (Å²) in [5.41, 5.74) is 2.81. The van der Waals surface area contributed by atoms with Gasteiger partial charge in [-0.1, -0.05) is 11.6 Å². The normalized spacial score (nSPS) is 28.6. The Labute approximate surface area is 101 Å². The van der Waals surface area contributed by atoms with Crippen LogP contribution in [0.3, 0.4) is 0 Å². The lowest BCUT2D eigenvalue weighted by Crippen LogP contribution is -2.26. The van der Waals surface area contributed by atoms with Crippen molar-refractivity contribution < 1.29 is 4.74 Å². The maximum atomic E-state index is 6.12. The molecule has 0 saturated carbocycles. The van der Waals surface area contributed by atoms with Gasteiger partial charge in [0.2, 0.25) is 0 Å². The molecule has 1 aromatic carbocycles. The summed E-state index contributed by atoms with van der Waals surface area (Å²) in [6.45, 7) is 2.78. The van der Waals surface area contributed by atoms with Crippen molar-refractivity contribution in [3.8, 4) is 0 Å². The number of fused-ring (bicyclic) bond motifs is 2. The number of ether oxygens (including phenoxy) is 1. The summed E-state index contributed by atoms with van der Waals surface area (Å²) < 4.78 is 5.62. The number of rotatable bonds is 0. The van der Waals surface area contributed by atoms with E-state index in [0.29, 0.717) is 0 Å². The van der Waals surface area contributed by atoms with Crippen LogP contribution in [0.2, 0.25) is 5.02 Å². The van der Waals surface area contributed by atoms with Crippen LogP contribution in [0, 0.1) is 0 Å². The summed E-state index contributed by atoms with van der Waals surface area (Å²) in [4.78, 5) is 0. The molecule has 2 heterocycles. The van der Waals surface area contributed by atoms with Crippen molar-refractivity contribution in [2.24, 2.45) is 0 Å². The quantitative estimate of drug-likeness (QED) is 0.748. The van der Waals surface area contributed by atoms with Gasteiger partial charge in [-0.2, -0.15) is 0 Å². The van der Waals surface area contributed by atoms with E-state index in [-0.39, 0.29) is 5.41 Å². The van der Waals surface area contributed by atoms with Crippen LogP contribution in [0.25, 0.3) is 0 Å². The van der Waals surface area contributed by atoms with E-state index in [0.717, 1.165) is 31.2 Å². The Morgan fingerprint density at radius 2 is 2.25 bits per heavy atom. The van der Waals surface area contributed by atoms with Crippen LogP contribution in [0.5, 0.6) is 0 Å². The minimum absolute atomic E-state index is 0.212. The first-order valence-electron chi connectivity index (χ1n) is 5.92. The van der Waals surface area contributed by atoms with Crippen LogP contribution < -0.4 is 5.32 Å². The second-order valence-electron chi connectivity index (χ2n) is 4.80. The van der Waals surface area contributed by atoms with Crippen molar-refractivity contribution in [1.29, 1.82) is 0 Å². The lowest BCUT2D eigenvalue weighted by Gasteiger charge is -2.27. The molecule has 1 spiro atoms. The second-order valence-corrected chi connectivity index (χ2v) is 5.24. The Morgan fingerprint density at radius 3 is 3.06 bits per heavy atom. The molecule has 1 aromatic rings. The number of hydrogen-bond donors (Lipinski definition) is 1. The highest BCUT2D eigenvalue weighted by molar-refractivity contribution is 6.30. The van der Waals surface area contributed by atoms with Gasteiger partial charge >= 0.3 is 0 Å². The first kappa shape index (κ1) is 10.4. The molecule has 3 rings (SSSR count). The van der Waals surface area contributed by atoms with Gasteiger partial charge < -0.3 is 10.1 Å². The first-order valence-corrected chi connectivity index (χ1v) is 6.30. The van der Waals surface area contributed by atoms with E-state index in [9.17, 15) is 0 Å². The van der Waals surface area contributed by atoms with E-state index >= 15 is 0 Å². The molecule has 16 heavy (non-hydrogen) atoms. The first-order chi connectivity index (χ1) is 7.80. The van der Waals surface area contributed by atoms with Crippen LogP contribution in [-0.2, 0) is 10.2 Å². The summed E-state index contributed by atoms with van der Waals surface area (Å²) in [5, 5.41) is 4.32. The van der Waals surface area contributed by atoms with Gasteiger partial charge in [0.25, 0.3) is 0 Å². The molecule has 2 aliphatic heterocycles. The Kier molecular flexibility index (Phi) is 2.56. The summed E-state index contributed by atoms with van der Waals surface area (Å²) >= 11 is 6.12. The molecule has 0 bridgehead atoms. The standard InChI is InChI=1S/C13H16ClNO/c14-10-2-3-12-11(8-10)13(4-1-6-15-12)5-7-16-9-13/h2-3,8,15H,1,4-7,9H2. The predicted molar refractivity (Wildman–Crippen MR) is 66.3 cm³/mol. The van der Waals surface area contributed by atoms with Gasteiger partial charge in [0, 0.05) is 29.3 Å². The fourth-order valence-corrected chi connectivity index (χ4v) is 3.08. The molecule has 2 aliphatic rings. The second kappa shape index (κ2) is 3.94. The SMILES string of the molecule is Clc1ccc2c(c1)C1(CCCN2)CCOC1. The minimum atomic E-state index is 0.212. The zero-order chi connectivity index (χ0) is 11.0. The molecule has 0 amide bonds. The van der Waals surface area contributed by atoms with Crippen LogP contribution in [-0.4, -0.2) is 19.8 Å². The molecular weight excluding hydrogens is 222 g/mol. The molecule has 1 unspecified atom stereocenters. The van der Waals surface area contributed by atoms with Gasteiger partial charge in [0.05, 0.1) is 6.61 Å². The molecule has 1 N–H and O–H groups in total. The molecule has 0 aromatic heterocycles. The van der Waals surface area contributed by atoms with E-state index in [4.69, 9.17) is 16.3 Å². The fraction of sp³-hybridized carbons (Fsp3) is 0.538. The Morgan fingerprint density at radius 1 is 1.31 bits per heavy atom. The van der Waals surface area contributed by atoms with Crippen molar-refractivity contribution >= 4 is 17.3 Å². The third-order valence-electron chi connectivity index (χ3n) is 3.80. The van der Waals surface area contributed by atoms with Crippen molar-refractivity contribution in [3.05, 3.63) is 28.8 Å². The van der Waals surface area contributed by atoms with Crippen molar-refractivity contribution in [3.63, 3.8) is 0 Å². The number of benzene rings is 1. The highest BCUT2D eigenvalue weighted by atomic mass is 35.5. The van der Waals surface area contributed by atoms with Gasteiger partial charge in [-0.05, 0) is 43.0 Å². The maximum absolute atomic E-state index is 6.12. The molecule has 3 heteroatoms. The highest BCUT2D eigenvalue weighted by Gasteiger charge is 2.39. The maximum Gasteiger partial charge on any atom is 0.0564 e. The summed E-state index contributed by atoms with van der Waals surface area (Å²) in [6.07, 6.45) is 3.53. The summed E-state index contributed by atoms with van der Waals surface area (Å²) in [7, 11) is 0. The van der Waals surface area contributed by atoms with E-state index in [1.165, 1.54) is 24.1 Å². The third-order valence-corrected chi connectivity index (χ3v) is 4.04. The van der Waals surface area contributed by atoms with Crippen LogP contribution in [0.4, 0.5) is 5.69 Å². The average molecular weight is 238 g/mol. The topological polar surface area (TPSA) is 21.3 Å². The van der Waals surface area contributed by atoms with E-state index in [1.54, 1.807) is 0 Å². The number of nitrogens with one attached hydrogen (secondary N) is 1. The summed E-state index contributed by atoms with van der Waals surface area (Å²) in [6, 6.07) is 6.18.